The smallest absolute Gasteiger partial charge is 0.233 e. The van der Waals surface area contributed by atoms with Crippen molar-refractivity contribution >= 4 is 33.5 Å². The number of oxime groups is 2. The maximum absolute atomic E-state index is 9.35. The van der Waals surface area contributed by atoms with Gasteiger partial charge in [0.1, 0.15) is 22.6 Å². The minimum atomic E-state index is -0.158. The van der Waals surface area contributed by atoms with Crippen LogP contribution in [0.5, 0.6) is 23.3 Å². The number of hydrogen-bond acceptors (Lipinski definition) is 8. The Hall–Kier alpha value is -4.80. The highest BCUT2D eigenvalue weighted by molar-refractivity contribution is 6.70. The molecule has 5 aromatic rings. The summed E-state index contributed by atoms with van der Waals surface area (Å²) >= 11 is 12.4. The van der Waals surface area contributed by atoms with Crippen LogP contribution >= 0.6 is 23.2 Å². The fourth-order valence-electron chi connectivity index (χ4n) is 4.06. The summed E-state index contributed by atoms with van der Waals surface area (Å²) in [6.07, 6.45) is 0. The van der Waals surface area contributed by atoms with Crippen molar-refractivity contribution in [3.8, 4) is 34.6 Å². The van der Waals surface area contributed by atoms with Gasteiger partial charge in [0.25, 0.3) is 0 Å². The number of rotatable bonds is 8. The maximum atomic E-state index is 9.35. The SMILES string of the molecule is Cc1nn(-c2ccccc2)c(Oc2ccc(Oc3c(/C(Cl)=N/O)c(C)nn3-c3ccccc3)cc2)c1/C(Cl)=N/O. The first-order chi connectivity index (χ1) is 19.4. The first kappa shape index (κ1) is 26.8. The van der Waals surface area contributed by atoms with Gasteiger partial charge < -0.3 is 19.9 Å². The molecule has 0 saturated carbocycles. The van der Waals surface area contributed by atoms with Crippen LogP contribution in [0.2, 0.25) is 0 Å². The average Bonchev–Trinajstić information content (AvgIpc) is 3.49. The van der Waals surface area contributed by atoms with Crippen LogP contribution in [-0.2, 0) is 0 Å². The molecular weight excluding hydrogens is 555 g/mol. The first-order valence-corrected chi connectivity index (χ1v) is 12.7. The molecule has 10 nitrogen and oxygen atoms in total. The van der Waals surface area contributed by atoms with E-state index < -0.39 is 0 Å². The highest BCUT2D eigenvalue weighted by Crippen LogP contribution is 2.35. The number of aryl methyl sites for hydroxylation is 2. The number of para-hydroxylation sites is 2. The summed E-state index contributed by atoms with van der Waals surface area (Å²) in [6, 6.07) is 25.5. The first-order valence-electron chi connectivity index (χ1n) is 11.9. The largest absolute Gasteiger partial charge is 0.438 e. The summed E-state index contributed by atoms with van der Waals surface area (Å²) < 4.78 is 15.5. The molecule has 0 saturated heterocycles. The summed E-state index contributed by atoms with van der Waals surface area (Å²) in [7, 11) is 0. The van der Waals surface area contributed by atoms with E-state index in [0.29, 0.717) is 34.0 Å². The van der Waals surface area contributed by atoms with Crippen LogP contribution < -0.4 is 9.47 Å². The zero-order chi connectivity index (χ0) is 28.2. The lowest BCUT2D eigenvalue weighted by molar-refractivity contribution is 0.320. The molecule has 0 spiro atoms. The molecule has 0 amide bonds. The molecule has 3 aromatic carbocycles. The van der Waals surface area contributed by atoms with Gasteiger partial charge in [0.2, 0.25) is 11.8 Å². The second-order valence-corrected chi connectivity index (χ2v) is 9.20. The fraction of sp³-hybridized carbons (Fsp3) is 0.0714. The molecule has 5 rings (SSSR count). The van der Waals surface area contributed by atoms with E-state index in [9.17, 15) is 10.4 Å². The van der Waals surface area contributed by atoms with Crippen molar-refractivity contribution < 1.29 is 19.9 Å². The Labute approximate surface area is 238 Å². The van der Waals surface area contributed by atoms with Gasteiger partial charge in [-0.1, -0.05) is 69.9 Å². The molecule has 0 aliphatic carbocycles. The van der Waals surface area contributed by atoms with Gasteiger partial charge >= 0.3 is 0 Å². The summed E-state index contributed by atoms with van der Waals surface area (Å²) in [5, 5.41) is 33.7. The van der Waals surface area contributed by atoms with E-state index in [2.05, 4.69) is 20.5 Å². The van der Waals surface area contributed by atoms with Crippen molar-refractivity contribution in [2.75, 3.05) is 0 Å². The van der Waals surface area contributed by atoms with E-state index in [1.165, 1.54) is 0 Å². The Bertz CT molecular complexity index is 1570. The molecule has 2 aromatic heterocycles. The summed E-state index contributed by atoms with van der Waals surface area (Å²) in [5.41, 5.74) is 3.18. The van der Waals surface area contributed by atoms with Gasteiger partial charge in [-0.3, -0.25) is 0 Å². The van der Waals surface area contributed by atoms with Gasteiger partial charge in [0.15, 0.2) is 10.3 Å². The Balaban J connectivity index is 1.50. The third-order valence-electron chi connectivity index (χ3n) is 5.88. The number of ether oxygens (including phenoxy) is 2. The Morgan fingerprint density at radius 3 is 1.30 bits per heavy atom. The van der Waals surface area contributed by atoms with Crippen LogP contribution in [0.25, 0.3) is 11.4 Å². The maximum Gasteiger partial charge on any atom is 0.233 e. The fourth-order valence-corrected chi connectivity index (χ4v) is 4.50. The van der Waals surface area contributed by atoms with E-state index in [1.807, 2.05) is 60.7 Å². The lowest BCUT2D eigenvalue weighted by Gasteiger charge is -2.13. The van der Waals surface area contributed by atoms with Crippen molar-refractivity contribution in [1.29, 1.82) is 0 Å². The molecule has 202 valence electrons. The van der Waals surface area contributed by atoms with Crippen LogP contribution in [0.3, 0.4) is 0 Å². The van der Waals surface area contributed by atoms with Crippen molar-refractivity contribution in [3.63, 3.8) is 0 Å². The van der Waals surface area contributed by atoms with Gasteiger partial charge in [-0.05, 0) is 62.4 Å². The number of nitrogens with zero attached hydrogens (tertiary/aromatic N) is 6. The van der Waals surface area contributed by atoms with Crippen LogP contribution in [0.15, 0.2) is 95.2 Å². The van der Waals surface area contributed by atoms with Crippen molar-refractivity contribution in [1.82, 2.24) is 19.6 Å². The highest BCUT2D eigenvalue weighted by Gasteiger charge is 2.24. The van der Waals surface area contributed by atoms with Gasteiger partial charge in [0.05, 0.1) is 22.8 Å². The number of halogens is 2. The molecule has 2 N–H and O–H groups in total. The van der Waals surface area contributed by atoms with Gasteiger partial charge in [-0.2, -0.15) is 19.6 Å². The second kappa shape index (κ2) is 11.5. The van der Waals surface area contributed by atoms with E-state index in [-0.39, 0.29) is 22.1 Å². The predicted octanol–water partition coefficient (Wildman–Crippen LogP) is 7.01. The zero-order valence-electron chi connectivity index (χ0n) is 21.2. The van der Waals surface area contributed by atoms with E-state index in [4.69, 9.17) is 32.7 Å². The van der Waals surface area contributed by atoms with Gasteiger partial charge in [0, 0.05) is 0 Å². The molecule has 0 unspecified atom stereocenters. The van der Waals surface area contributed by atoms with E-state index in [1.54, 1.807) is 47.5 Å². The molecule has 0 bridgehead atoms. The van der Waals surface area contributed by atoms with Crippen LogP contribution in [-0.4, -0.2) is 40.3 Å². The standard InChI is InChI=1S/C28H22Cl2N6O4/c1-17-23(25(29)33-37)27(35(31-17)19-9-5-3-6-10-19)39-21-13-15-22(16-14-21)40-28-24(26(30)34-38)18(2)32-36(28)20-11-7-4-8-12-20/h3-16,37-38H,1-2H3/b33-25-,34-26-. The summed E-state index contributed by atoms with van der Waals surface area (Å²) in [5.74, 6) is 1.42. The normalized spacial score (nSPS) is 12.0. The molecule has 2 heterocycles. The van der Waals surface area contributed by atoms with Crippen LogP contribution in [0.4, 0.5) is 0 Å². The van der Waals surface area contributed by atoms with Gasteiger partial charge in [-0.25, -0.2) is 0 Å². The zero-order valence-corrected chi connectivity index (χ0v) is 22.7. The molecule has 0 atom stereocenters. The number of benzene rings is 3. The topological polar surface area (TPSA) is 119 Å². The molecule has 0 fully saturated rings. The summed E-state index contributed by atoms with van der Waals surface area (Å²) in [6.45, 7) is 3.48. The van der Waals surface area contributed by atoms with E-state index >= 15 is 0 Å². The Kier molecular flexibility index (Phi) is 7.72. The minimum Gasteiger partial charge on any atom is -0.438 e. The summed E-state index contributed by atoms with van der Waals surface area (Å²) in [4.78, 5) is 0. The molecule has 0 aliphatic rings. The Morgan fingerprint density at radius 2 is 0.975 bits per heavy atom. The molecule has 0 radical (unpaired) electrons. The Morgan fingerprint density at radius 1 is 0.625 bits per heavy atom. The van der Waals surface area contributed by atoms with Crippen LogP contribution in [0.1, 0.15) is 22.5 Å². The number of hydrogen-bond donors (Lipinski definition) is 2. The van der Waals surface area contributed by atoms with Crippen molar-refractivity contribution in [3.05, 3.63) is 107 Å². The monoisotopic (exact) mass is 576 g/mol. The third kappa shape index (κ3) is 5.22. The molecular formula is C28H22Cl2N6O4. The predicted molar refractivity (Wildman–Crippen MR) is 152 cm³/mol. The lowest BCUT2D eigenvalue weighted by atomic mass is 10.2. The average molecular weight is 577 g/mol. The number of aromatic nitrogens is 4. The third-order valence-corrected chi connectivity index (χ3v) is 6.41. The van der Waals surface area contributed by atoms with Crippen molar-refractivity contribution in [2.45, 2.75) is 13.8 Å². The second-order valence-electron chi connectivity index (χ2n) is 8.48. The minimum absolute atomic E-state index is 0.158. The highest BCUT2D eigenvalue weighted by atomic mass is 35.5. The van der Waals surface area contributed by atoms with E-state index in [0.717, 1.165) is 11.4 Å². The lowest BCUT2D eigenvalue weighted by Crippen LogP contribution is -2.03. The van der Waals surface area contributed by atoms with Crippen LogP contribution in [0, 0.1) is 13.8 Å². The van der Waals surface area contributed by atoms with Gasteiger partial charge in [-0.15, -0.1) is 0 Å². The molecule has 0 aliphatic heterocycles. The van der Waals surface area contributed by atoms with Crippen molar-refractivity contribution in [2.24, 2.45) is 10.3 Å². The quantitative estimate of drug-likeness (QED) is 0.116. The molecule has 40 heavy (non-hydrogen) atoms. The molecule has 12 heteroatoms.